The fourth-order valence-corrected chi connectivity index (χ4v) is 4.95. The van der Waals surface area contributed by atoms with Crippen LogP contribution in [0, 0.1) is 12.8 Å². The number of nitrogens with zero attached hydrogens (tertiary/aromatic N) is 1. The third-order valence-corrected chi connectivity index (χ3v) is 5.96. The van der Waals surface area contributed by atoms with E-state index in [1.54, 1.807) is 0 Å². The number of likely N-dealkylation sites (tertiary alicyclic amines) is 1. The molecule has 24 heavy (non-hydrogen) atoms. The predicted octanol–water partition coefficient (Wildman–Crippen LogP) is 3.39. The van der Waals surface area contributed by atoms with Gasteiger partial charge in [0.2, 0.25) is 0 Å². The lowest BCUT2D eigenvalue weighted by Crippen LogP contribution is -2.51. The van der Waals surface area contributed by atoms with Gasteiger partial charge in [0, 0.05) is 35.1 Å². The zero-order valence-corrected chi connectivity index (χ0v) is 14.8. The van der Waals surface area contributed by atoms with Crippen LogP contribution in [0.25, 0.3) is 10.9 Å². The number of nitrogens with one attached hydrogen (secondary N) is 1. The normalized spacial score (nSPS) is 26.4. The van der Waals surface area contributed by atoms with Gasteiger partial charge in [-0.05, 0) is 49.9 Å². The van der Waals surface area contributed by atoms with Crippen molar-refractivity contribution in [2.75, 3.05) is 20.2 Å². The second kappa shape index (κ2) is 5.92. The molecule has 1 aromatic carbocycles. The molecule has 4 rings (SSSR count). The van der Waals surface area contributed by atoms with Crippen LogP contribution in [-0.2, 0) is 16.0 Å². The van der Waals surface area contributed by atoms with Gasteiger partial charge in [-0.15, -0.1) is 0 Å². The fraction of sp³-hybridized carbons (Fsp3) is 0.550. The Balaban J connectivity index is 1.80. The molecule has 4 nitrogen and oxygen atoms in total. The molecule has 0 spiro atoms. The largest absolute Gasteiger partial charge is 0.469 e. The van der Waals surface area contributed by atoms with Crippen molar-refractivity contribution in [3.05, 3.63) is 35.0 Å². The number of piperidine rings is 1. The topological polar surface area (TPSA) is 45.3 Å². The van der Waals surface area contributed by atoms with Crippen molar-refractivity contribution in [3.63, 3.8) is 0 Å². The van der Waals surface area contributed by atoms with Gasteiger partial charge in [-0.25, -0.2) is 0 Å². The molecule has 0 amide bonds. The number of rotatable bonds is 3. The minimum atomic E-state index is -0.0576. The third-order valence-electron chi connectivity index (χ3n) is 5.96. The first-order valence-corrected chi connectivity index (χ1v) is 9.06. The predicted molar refractivity (Wildman–Crippen MR) is 95.3 cm³/mol. The molecule has 0 radical (unpaired) electrons. The van der Waals surface area contributed by atoms with Gasteiger partial charge >= 0.3 is 5.97 Å². The van der Waals surface area contributed by atoms with Crippen molar-refractivity contribution in [2.24, 2.45) is 5.92 Å². The molecule has 2 aromatic rings. The molecule has 3 atom stereocenters. The number of methoxy groups -OCH3 is 1. The number of aromatic amines is 1. The van der Waals surface area contributed by atoms with E-state index in [2.05, 4.69) is 41.9 Å². The number of aromatic nitrogens is 1. The summed E-state index contributed by atoms with van der Waals surface area (Å²) in [7, 11) is 1.51. The summed E-state index contributed by atoms with van der Waals surface area (Å²) in [6.45, 7) is 6.27. The van der Waals surface area contributed by atoms with Crippen LogP contribution >= 0.6 is 0 Å². The highest BCUT2D eigenvalue weighted by molar-refractivity contribution is 5.89. The molecular weight excluding hydrogens is 300 g/mol. The quantitative estimate of drug-likeness (QED) is 0.880. The highest BCUT2D eigenvalue weighted by Crippen LogP contribution is 2.45. The minimum Gasteiger partial charge on any atom is -0.469 e. The monoisotopic (exact) mass is 326 g/mol. The number of benzene rings is 1. The number of aryl methyl sites for hydroxylation is 1. The van der Waals surface area contributed by atoms with E-state index in [9.17, 15) is 4.79 Å². The Morgan fingerprint density at radius 1 is 1.42 bits per heavy atom. The molecule has 1 fully saturated rings. The number of carbonyl (C=O) groups excluding carboxylic acids is 1. The van der Waals surface area contributed by atoms with E-state index >= 15 is 0 Å². The average molecular weight is 326 g/mol. The van der Waals surface area contributed by atoms with Crippen molar-refractivity contribution < 1.29 is 9.53 Å². The van der Waals surface area contributed by atoms with Gasteiger partial charge in [0.15, 0.2) is 0 Å². The maximum absolute atomic E-state index is 12.2. The van der Waals surface area contributed by atoms with E-state index in [0.29, 0.717) is 12.0 Å². The van der Waals surface area contributed by atoms with E-state index in [1.165, 1.54) is 34.8 Å². The molecule has 1 N–H and O–H groups in total. The molecule has 2 heterocycles. The molecule has 4 heteroatoms. The van der Waals surface area contributed by atoms with Gasteiger partial charge < -0.3 is 9.72 Å². The van der Waals surface area contributed by atoms with Crippen molar-refractivity contribution in [1.29, 1.82) is 0 Å². The smallest absolute Gasteiger partial charge is 0.309 e. The lowest BCUT2D eigenvalue weighted by molar-refractivity contribution is -0.148. The van der Waals surface area contributed by atoms with Gasteiger partial charge in [-0.2, -0.15) is 0 Å². The van der Waals surface area contributed by atoms with Crippen molar-refractivity contribution in [1.82, 2.24) is 9.88 Å². The van der Waals surface area contributed by atoms with Crippen LogP contribution in [0.15, 0.2) is 18.2 Å². The molecule has 0 unspecified atom stereocenters. The maximum Gasteiger partial charge on any atom is 0.309 e. The lowest BCUT2D eigenvalue weighted by atomic mass is 9.72. The average Bonchev–Trinajstić information content (AvgIpc) is 2.92. The van der Waals surface area contributed by atoms with E-state index in [-0.39, 0.29) is 11.9 Å². The summed E-state index contributed by atoms with van der Waals surface area (Å²) in [5.41, 5.74) is 5.42. The summed E-state index contributed by atoms with van der Waals surface area (Å²) >= 11 is 0. The Morgan fingerprint density at radius 2 is 2.25 bits per heavy atom. The summed E-state index contributed by atoms with van der Waals surface area (Å²) in [4.78, 5) is 18.3. The third kappa shape index (κ3) is 2.27. The molecule has 0 saturated carbocycles. The number of esters is 1. The Hall–Kier alpha value is -1.81. The minimum absolute atomic E-state index is 0.0142. The van der Waals surface area contributed by atoms with Crippen LogP contribution in [0.5, 0.6) is 0 Å². The number of hydrogen-bond donors (Lipinski definition) is 1. The van der Waals surface area contributed by atoms with Crippen LogP contribution in [0.1, 0.15) is 42.5 Å². The summed E-state index contributed by atoms with van der Waals surface area (Å²) in [5.74, 6) is 0.346. The zero-order valence-electron chi connectivity index (χ0n) is 14.8. The van der Waals surface area contributed by atoms with Crippen LogP contribution in [-0.4, -0.2) is 42.1 Å². The van der Waals surface area contributed by atoms with Crippen molar-refractivity contribution in [3.8, 4) is 0 Å². The molecule has 128 valence electrons. The standard InChI is InChI=1S/C20H26N2O2/c1-4-8-22-11-13(20(23)24-3)9-16-14-6-5-7-17-19(14)15(10-18(16)22)12(2)21-17/h5-7,13,16,18,21H,4,8-11H2,1-3H3/t13-,16-,18-/m1/s1. The van der Waals surface area contributed by atoms with Crippen molar-refractivity contribution >= 4 is 16.9 Å². The Kier molecular flexibility index (Phi) is 3.87. The number of hydrogen-bond acceptors (Lipinski definition) is 3. The van der Waals surface area contributed by atoms with Gasteiger partial charge in [0.1, 0.15) is 0 Å². The van der Waals surface area contributed by atoms with Gasteiger partial charge in [-0.3, -0.25) is 9.69 Å². The molecule has 1 aliphatic carbocycles. The zero-order chi connectivity index (χ0) is 16.8. The second-order valence-corrected chi connectivity index (χ2v) is 7.33. The van der Waals surface area contributed by atoms with Gasteiger partial charge in [0.05, 0.1) is 13.0 Å². The number of H-pyrrole nitrogens is 1. The summed E-state index contributed by atoms with van der Waals surface area (Å²) < 4.78 is 5.07. The lowest BCUT2D eigenvalue weighted by Gasteiger charge is -2.46. The molecule has 0 bridgehead atoms. The van der Waals surface area contributed by atoms with E-state index < -0.39 is 0 Å². The van der Waals surface area contributed by atoms with Gasteiger partial charge in [0.25, 0.3) is 0 Å². The fourth-order valence-electron chi connectivity index (χ4n) is 4.95. The van der Waals surface area contributed by atoms with Crippen LogP contribution < -0.4 is 0 Å². The molecule has 2 aliphatic rings. The van der Waals surface area contributed by atoms with E-state index in [4.69, 9.17) is 4.74 Å². The van der Waals surface area contributed by atoms with E-state index in [1.807, 2.05) is 0 Å². The number of carbonyl (C=O) groups is 1. The maximum atomic E-state index is 12.2. The number of ether oxygens (including phenoxy) is 1. The summed E-state index contributed by atoms with van der Waals surface area (Å²) in [5, 5.41) is 1.40. The highest BCUT2D eigenvalue weighted by atomic mass is 16.5. The number of fused-ring (bicyclic) bond motifs is 2. The second-order valence-electron chi connectivity index (χ2n) is 7.33. The first-order valence-electron chi connectivity index (χ1n) is 9.06. The molecule has 1 aromatic heterocycles. The summed E-state index contributed by atoms with van der Waals surface area (Å²) in [6.07, 6.45) is 3.10. The van der Waals surface area contributed by atoms with Gasteiger partial charge in [-0.1, -0.05) is 19.1 Å². The highest BCUT2D eigenvalue weighted by Gasteiger charge is 2.43. The Bertz CT molecular complexity index is 779. The van der Waals surface area contributed by atoms with Crippen molar-refractivity contribution in [2.45, 2.75) is 45.1 Å². The van der Waals surface area contributed by atoms with Crippen LogP contribution in [0.2, 0.25) is 0 Å². The van der Waals surface area contributed by atoms with Crippen LogP contribution in [0.4, 0.5) is 0 Å². The molecular formula is C20H26N2O2. The first kappa shape index (κ1) is 15.7. The first-order chi connectivity index (χ1) is 11.6. The molecule has 1 saturated heterocycles. The van der Waals surface area contributed by atoms with E-state index in [0.717, 1.165) is 32.4 Å². The Labute approximate surface area is 143 Å². The van der Waals surface area contributed by atoms with Crippen LogP contribution in [0.3, 0.4) is 0 Å². The SMILES string of the molecule is CCCN1C[C@H](C(=O)OC)C[C@@H]2c3cccc4[nH]c(C)c(c34)C[C@H]21. The Morgan fingerprint density at radius 3 is 3.00 bits per heavy atom. The summed E-state index contributed by atoms with van der Waals surface area (Å²) in [6, 6.07) is 7.07. The molecule has 1 aliphatic heterocycles.